The van der Waals surface area contributed by atoms with Crippen molar-refractivity contribution in [3.63, 3.8) is 0 Å². The van der Waals surface area contributed by atoms with Crippen molar-refractivity contribution in [2.75, 3.05) is 0 Å². The Labute approximate surface area is 114 Å². The van der Waals surface area contributed by atoms with Gasteiger partial charge < -0.3 is 4.74 Å². The predicted octanol–water partition coefficient (Wildman–Crippen LogP) is 3.71. The van der Waals surface area contributed by atoms with E-state index >= 15 is 0 Å². The largest absolute Gasteiger partial charge is 0.484 e. The van der Waals surface area contributed by atoms with Crippen molar-refractivity contribution in [1.29, 1.82) is 0 Å². The molecule has 19 heavy (non-hydrogen) atoms. The van der Waals surface area contributed by atoms with Crippen LogP contribution in [0, 0.1) is 5.82 Å². The maximum absolute atomic E-state index is 13.4. The number of halogens is 2. The lowest BCUT2D eigenvalue weighted by molar-refractivity contribution is 0.288. The lowest BCUT2D eigenvalue weighted by Gasteiger charge is -2.05. The van der Waals surface area contributed by atoms with E-state index in [-0.39, 0.29) is 12.4 Å². The van der Waals surface area contributed by atoms with Gasteiger partial charge in [0.1, 0.15) is 12.3 Å². The molecule has 96 valence electrons. The van der Waals surface area contributed by atoms with Crippen molar-refractivity contribution >= 4 is 17.1 Å². The van der Waals surface area contributed by atoms with E-state index in [0.717, 1.165) is 5.52 Å². The predicted molar refractivity (Wildman–Crippen MR) is 70.9 cm³/mol. The van der Waals surface area contributed by atoms with Gasteiger partial charge in [-0.15, -0.1) is 0 Å². The van der Waals surface area contributed by atoms with Crippen LogP contribution in [-0.2, 0) is 6.61 Å². The highest BCUT2D eigenvalue weighted by Crippen LogP contribution is 2.20. The maximum Gasteiger partial charge on any atom is 0.207 e. The third kappa shape index (κ3) is 2.27. The van der Waals surface area contributed by atoms with Crippen LogP contribution in [0.5, 0.6) is 5.75 Å². The fraction of sp³-hybridized carbons (Fsp3) is 0.0714. The molecule has 3 nitrogen and oxygen atoms in total. The summed E-state index contributed by atoms with van der Waals surface area (Å²) in [6, 6.07) is 11.9. The van der Waals surface area contributed by atoms with Crippen molar-refractivity contribution in [1.82, 2.24) is 9.38 Å². The summed E-state index contributed by atoms with van der Waals surface area (Å²) in [5.74, 6) is -0.187. The Bertz CT molecular complexity index is 726. The summed E-state index contributed by atoms with van der Waals surface area (Å²) in [6.07, 6.45) is 1.82. The van der Waals surface area contributed by atoms with Gasteiger partial charge in [0.05, 0.1) is 5.52 Å². The fourth-order valence-corrected chi connectivity index (χ4v) is 2.13. The van der Waals surface area contributed by atoms with E-state index in [9.17, 15) is 4.39 Å². The number of ether oxygens (including phenoxy) is 1. The van der Waals surface area contributed by atoms with Crippen molar-refractivity contribution in [2.24, 2.45) is 0 Å². The molecular formula is C14H10ClFN2O. The average molecular weight is 277 g/mol. The van der Waals surface area contributed by atoms with Gasteiger partial charge in [-0.05, 0) is 35.9 Å². The Morgan fingerprint density at radius 3 is 2.79 bits per heavy atom. The van der Waals surface area contributed by atoms with Gasteiger partial charge in [-0.2, -0.15) is 0 Å². The first kappa shape index (κ1) is 12.0. The minimum absolute atomic E-state index is 0.168. The molecule has 0 amide bonds. The van der Waals surface area contributed by atoms with Gasteiger partial charge in [0, 0.05) is 6.20 Å². The molecule has 0 unspecified atom stereocenters. The van der Waals surface area contributed by atoms with Crippen LogP contribution in [0.1, 0.15) is 5.69 Å². The number of fused-ring (bicyclic) bond motifs is 1. The Morgan fingerprint density at radius 1 is 1.16 bits per heavy atom. The van der Waals surface area contributed by atoms with Crippen molar-refractivity contribution in [3.8, 4) is 5.75 Å². The van der Waals surface area contributed by atoms with Gasteiger partial charge in [0.25, 0.3) is 0 Å². The third-order valence-electron chi connectivity index (χ3n) is 2.78. The van der Waals surface area contributed by atoms with Crippen LogP contribution >= 0.6 is 11.6 Å². The zero-order chi connectivity index (χ0) is 13.2. The Kier molecular flexibility index (Phi) is 3.09. The van der Waals surface area contributed by atoms with Gasteiger partial charge in [-0.3, -0.25) is 4.40 Å². The number of imidazole rings is 1. The Morgan fingerprint density at radius 2 is 1.95 bits per heavy atom. The summed E-state index contributed by atoms with van der Waals surface area (Å²) in [5, 5.41) is 0.364. The highest BCUT2D eigenvalue weighted by atomic mass is 35.5. The number of benzene rings is 1. The van der Waals surface area contributed by atoms with Crippen molar-refractivity contribution in [3.05, 3.63) is 65.5 Å². The van der Waals surface area contributed by atoms with Crippen LogP contribution in [0.15, 0.2) is 48.7 Å². The molecule has 0 saturated heterocycles. The molecule has 0 radical (unpaired) electrons. The van der Waals surface area contributed by atoms with Crippen LogP contribution in [0.3, 0.4) is 0 Å². The molecule has 0 saturated carbocycles. The molecule has 5 heteroatoms. The van der Waals surface area contributed by atoms with Gasteiger partial charge >= 0.3 is 0 Å². The molecule has 0 aliphatic rings. The summed E-state index contributed by atoms with van der Waals surface area (Å²) in [5.41, 5.74) is 1.53. The minimum Gasteiger partial charge on any atom is -0.484 e. The number of hydrogen-bond acceptors (Lipinski definition) is 2. The number of para-hydroxylation sites is 1. The second kappa shape index (κ2) is 4.90. The fourth-order valence-electron chi connectivity index (χ4n) is 1.88. The molecule has 0 aliphatic heterocycles. The zero-order valence-corrected chi connectivity index (χ0v) is 10.6. The molecular weight excluding hydrogens is 267 g/mol. The van der Waals surface area contributed by atoms with Crippen LogP contribution in [0.25, 0.3) is 5.52 Å². The van der Waals surface area contributed by atoms with Gasteiger partial charge in [0.2, 0.25) is 5.28 Å². The smallest absolute Gasteiger partial charge is 0.207 e. The number of nitrogens with zero attached hydrogens (tertiary/aromatic N) is 2. The molecule has 1 aromatic carbocycles. The molecule has 0 bridgehead atoms. The highest BCUT2D eigenvalue weighted by molar-refractivity contribution is 6.28. The molecule has 3 aromatic rings. The van der Waals surface area contributed by atoms with Crippen molar-refractivity contribution < 1.29 is 9.13 Å². The highest BCUT2D eigenvalue weighted by Gasteiger charge is 2.10. The Balaban J connectivity index is 1.88. The molecule has 2 heterocycles. The van der Waals surface area contributed by atoms with Crippen LogP contribution in [-0.4, -0.2) is 9.38 Å². The first-order valence-electron chi connectivity index (χ1n) is 5.74. The monoisotopic (exact) mass is 276 g/mol. The van der Waals surface area contributed by atoms with E-state index in [1.165, 1.54) is 6.07 Å². The van der Waals surface area contributed by atoms with Crippen LogP contribution in [0.4, 0.5) is 4.39 Å². The first-order valence-corrected chi connectivity index (χ1v) is 6.12. The molecule has 0 atom stereocenters. The summed E-state index contributed by atoms with van der Waals surface area (Å²) in [4.78, 5) is 4.22. The second-order valence-electron chi connectivity index (χ2n) is 4.00. The standard InChI is InChI=1S/C14H10ClFN2O/c15-14-17-11(12-6-3-4-8-18(12)14)9-19-13-7-2-1-5-10(13)16/h1-8H,9H2. The second-order valence-corrected chi connectivity index (χ2v) is 4.34. The SMILES string of the molecule is Fc1ccccc1OCc1nc(Cl)n2ccccc12. The summed E-state index contributed by atoms with van der Waals surface area (Å²) < 4.78 is 20.6. The number of hydrogen-bond donors (Lipinski definition) is 0. The van der Waals surface area contributed by atoms with E-state index in [1.54, 1.807) is 22.6 Å². The quantitative estimate of drug-likeness (QED) is 0.729. The summed E-state index contributed by atoms with van der Waals surface area (Å²) in [7, 11) is 0. The topological polar surface area (TPSA) is 26.5 Å². The van der Waals surface area contributed by atoms with Crippen LogP contribution in [0.2, 0.25) is 5.28 Å². The summed E-state index contributed by atoms with van der Waals surface area (Å²) in [6.45, 7) is 0.168. The molecule has 2 aromatic heterocycles. The Hall–Kier alpha value is -2.07. The van der Waals surface area contributed by atoms with E-state index in [4.69, 9.17) is 16.3 Å². The van der Waals surface area contributed by atoms with Crippen LogP contribution < -0.4 is 4.74 Å². The third-order valence-corrected chi connectivity index (χ3v) is 3.05. The number of rotatable bonds is 3. The minimum atomic E-state index is -0.392. The lowest BCUT2D eigenvalue weighted by Crippen LogP contribution is -1.98. The van der Waals surface area contributed by atoms with E-state index < -0.39 is 5.82 Å². The number of aromatic nitrogens is 2. The van der Waals surface area contributed by atoms with Gasteiger partial charge in [-0.25, -0.2) is 9.37 Å². The van der Waals surface area contributed by atoms with Gasteiger partial charge in [-0.1, -0.05) is 18.2 Å². The average Bonchev–Trinajstić information content (AvgIpc) is 2.75. The van der Waals surface area contributed by atoms with E-state index in [1.807, 2.05) is 24.4 Å². The number of pyridine rings is 1. The maximum atomic E-state index is 13.4. The molecule has 0 spiro atoms. The normalized spacial score (nSPS) is 10.8. The van der Waals surface area contributed by atoms with Crippen molar-refractivity contribution in [2.45, 2.75) is 6.61 Å². The lowest BCUT2D eigenvalue weighted by atomic mass is 10.3. The molecule has 3 rings (SSSR count). The van der Waals surface area contributed by atoms with E-state index in [2.05, 4.69) is 4.98 Å². The zero-order valence-electron chi connectivity index (χ0n) is 9.88. The van der Waals surface area contributed by atoms with E-state index in [0.29, 0.717) is 11.0 Å². The van der Waals surface area contributed by atoms with Gasteiger partial charge in [0.15, 0.2) is 11.6 Å². The summed E-state index contributed by atoms with van der Waals surface area (Å²) >= 11 is 6.01. The molecule has 0 aliphatic carbocycles. The first-order chi connectivity index (χ1) is 9.25. The molecule has 0 fully saturated rings. The molecule has 0 N–H and O–H groups in total.